The van der Waals surface area contributed by atoms with Crippen LogP contribution >= 0.6 is 31.9 Å². The molecule has 0 aliphatic rings. The summed E-state index contributed by atoms with van der Waals surface area (Å²) >= 11 is 7.13. The number of halogens is 2. The Hall–Kier alpha value is -2.16. The molecule has 0 radical (unpaired) electrons. The zero-order valence-corrected chi connectivity index (χ0v) is 21.0. The molecule has 0 aromatic heterocycles. The first-order valence-corrected chi connectivity index (χ1v) is 12.8. The number of rotatable bonds is 8. The van der Waals surface area contributed by atoms with Gasteiger partial charge in [-0.3, -0.25) is 9.52 Å². The maximum Gasteiger partial charge on any atom is 0.261 e. The molecular weight excluding hydrogens is 544 g/mol. The van der Waals surface area contributed by atoms with Gasteiger partial charge in [0.15, 0.2) is 5.78 Å². The number of alkyl halides is 2. The molecule has 0 spiro atoms. The average molecular weight is 566 g/mol. The van der Waals surface area contributed by atoms with Gasteiger partial charge in [-0.25, -0.2) is 8.42 Å². The summed E-state index contributed by atoms with van der Waals surface area (Å²) in [5.74, 6) is -0.101. The lowest BCUT2D eigenvalue weighted by molar-refractivity contribution is 0.0991. The van der Waals surface area contributed by atoms with Crippen LogP contribution in [-0.4, -0.2) is 33.1 Å². The van der Waals surface area contributed by atoms with Crippen LogP contribution < -0.4 is 9.62 Å². The lowest BCUT2D eigenvalue weighted by atomic mass is 10.0. The number of Topliss-reactive ketones (excluding diaryl/α,β-unsaturated/α-hetero) is 1. The van der Waals surface area contributed by atoms with Crippen molar-refractivity contribution in [2.75, 3.05) is 23.7 Å². The molecule has 31 heavy (non-hydrogen) atoms. The highest BCUT2D eigenvalue weighted by Crippen LogP contribution is 2.34. The minimum Gasteiger partial charge on any atom is -0.378 e. The van der Waals surface area contributed by atoms with E-state index in [0.717, 1.165) is 11.3 Å². The molecule has 3 aromatic carbocycles. The summed E-state index contributed by atoms with van der Waals surface area (Å²) < 4.78 is 27.4. The van der Waals surface area contributed by atoms with Gasteiger partial charge < -0.3 is 4.90 Å². The van der Waals surface area contributed by atoms with Crippen LogP contribution in [-0.2, 0) is 10.0 Å². The second-order valence-corrected chi connectivity index (χ2v) is 10.8. The smallest absolute Gasteiger partial charge is 0.261 e. The number of hydrogen-bond donors (Lipinski definition) is 1. The Morgan fingerprint density at radius 2 is 1.45 bits per heavy atom. The quantitative estimate of drug-likeness (QED) is 0.284. The van der Waals surface area contributed by atoms with Crippen LogP contribution in [0.3, 0.4) is 0 Å². The number of nitrogens with one attached hydrogen (secondary N) is 1. The third-order valence-corrected chi connectivity index (χ3v) is 8.82. The first kappa shape index (κ1) is 23.5. The van der Waals surface area contributed by atoms with Gasteiger partial charge in [0.05, 0.1) is 14.5 Å². The van der Waals surface area contributed by atoms with E-state index in [1.807, 2.05) is 43.3 Å². The summed E-state index contributed by atoms with van der Waals surface area (Å²) in [6.45, 7) is 0. The predicted octanol–water partition coefficient (Wildman–Crippen LogP) is 5.64. The summed E-state index contributed by atoms with van der Waals surface area (Å²) in [5.41, 5.74) is 2.93. The Morgan fingerprint density at radius 1 is 0.871 bits per heavy atom. The predicted molar refractivity (Wildman–Crippen MR) is 133 cm³/mol. The van der Waals surface area contributed by atoms with E-state index in [9.17, 15) is 13.2 Å². The molecule has 1 N–H and O–H groups in total. The normalized spacial score (nSPS) is 13.3. The zero-order valence-electron chi connectivity index (χ0n) is 17.0. The lowest BCUT2D eigenvalue weighted by Crippen LogP contribution is -2.19. The van der Waals surface area contributed by atoms with Crippen LogP contribution in [0.4, 0.5) is 11.4 Å². The fraction of sp³-hybridized carbons (Fsp3) is 0.174. The fourth-order valence-corrected chi connectivity index (χ4v) is 5.13. The molecule has 2 atom stereocenters. The summed E-state index contributed by atoms with van der Waals surface area (Å²) in [6.07, 6.45) is 0. The average Bonchev–Trinajstić information content (AvgIpc) is 2.78. The Balaban J connectivity index is 1.70. The largest absolute Gasteiger partial charge is 0.378 e. The van der Waals surface area contributed by atoms with Gasteiger partial charge in [-0.05, 0) is 54.1 Å². The van der Waals surface area contributed by atoms with Gasteiger partial charge in [0.25, 0.3) is 10.0 Å². The molecule has 0 saturated heterocycles. The Morgan fingerprint density at radius 3 is 2.00 bits per heavy atom. The minimum absolute atomic E-state index is 0.101. The van der Waals surface area contributed by atoms with Crippen molar-refractivity contribution in [3.63, 3.8) is 0 Å². The van der Waals surface area contributed by atoms with Crippen molar-refractivity contribution >= 4 is 59.0 Å². The van der Waals surface area contributed by atoms with Crippen molar-refractivity contribution in [3.8, 4) is 0 Å². The van der Waals surface area contributed by atoms with Gasteiger partial charge in [-0.1, -0.05) is 62.2 Å². The second kappa shape index (κ2) is 9.97. The topological polar surface area (TPSA) is 66.5 Å². The standard InChI is InChI=1S/C23H22Br2N2O3S/c1-27(2)19-14-10-16(11-15-19)21(24)22(25)23(28)17-8-12-18(13-9-17)26-31(29,30)20-6-4-3-5-7-20/h3-15,21-22,26H,1-2H3. The molecular formula is C23H22Br2N2O3S. The number of carbonyl (C=O) groups excluding carboxylic acids is 1. The van der Waals surface area contributed by atoms with Gasteiger partial charge in [0.2, 0.25) is 0 Å². The van der Waals surface area contributed by atoms with Gasteiger partial charge in [0, 0.05) is 31.0 Å². The fourth-order valence-electron chi connectivity index (χ4n) is 2.93. The van der Waals surface area contributed by atoms with Crippen molar-refractivity contribution in [1.82, 2.24) is 0 Å². The third-order valence-electron chi connectivity index (χ3n) is 4.71. The SMILES string of the molecule is CN(C)c1ccc(C(Br)C(Br)C(=O)c2ccc(NS(=O)(=O)c3ccccc3)cc2)cc1. The monoisotopic (exact) mass is 564 g/mol. The molecule has 0 aliphatic carbocycles. The number of carbonyl (C=O) groups is 1. The molecule has 5 nitrogen and oxygen atoms in total. The van der Waals surface area contributed by atoms with Crippen LogP contribution in [0.2, 0.25) is 0 Å². The highest BCUT2D eigenvalue weighted by Gasteiger charge is 2.26. The van der Waals surface area contributed by atoms with E-state index < -0.39 is 14.9 Å². The van der Waals surface area contributed by atoms with Gasteiger partial charge in [-0.15, -0.1) is 0 Å². The van der Waals surface area contributed by atoms with Gasteiger partial charge in [-0.2, -0.15) is 0 Å². The first-order chi connectivity index (χ1) is 14.7. The van der Waals surface area contributed by atoms with Crippen LogP contribution in [0.1, 0.15) is 20.7 Å². The Labute approximate surface area is 199 Å². The molecule has 0 saturated carbocycles. The third kappa shape index (κ3) is 5.75. The second-order valence-electron chi connectivity index (χ2n) is 7.15. The highest BCUT2D eigenvalue weighted by atomic mass is 79.9. The minimum atomic E-state index is -3.68. The van der Waals surface area contributed by atoms with Crippen LogP contribution in [0.5, 0.6) is 0 Å². The maximum atomic E-state index is 12.9. The molecule has 0 amide bonds. The maximum absolute atomic E-state index is 12.9. The Bertz CT molecular complexity index is 1130. The van der Waals surface area contributed by atoms with Gasteiger partial charge in [0.1, 0.15) is 0 Å². The number of benzene rings is 3. The molecule has 0 heterocycles. The highest BCUT2D eigenvalue weighted by molar-refractivity contribution is 9.12. The summed E-state index contributed by atoms with van der Waals surface area (Å²) in [4.78, 5) is 14.4. The van der Waals surface area contributed by atoms with E-state index in [0.29, 0.717) is 11.3 Å². The molecule has 0 fully saturated rings. The number of nitrogens with zero attached hydrogens (tertiary/aromatic N) is 1. The first-order valence-electron chi connectivity index (χ1n) is 9.46. The van der Waals surface area contributed by atoms with Crippen molar-refractivity contribution in [2.45, 2.75) is 14.5 Å². The molecule has 3 aromatic rings. The Kier molecular flexibility index (Phi) is 7.56. The van der Waals surface area contributed by atoms with E-state index >= 15 is 0 Å². The number of sulfonamides is 1. The number of ketones is 1. The summed E-state index contributed by atoms with van der Waals surface area (Å²) in [6, 6.07) is 22.5. The van der Waals surface area contributed by atoms with Crippen molar-refractivity contribution in [3.05, 3.63) is 90.0 Å². The molecule has 8 heteroatoms. The molecule has 2 unspecified atom stereocenters. The molecule has 0 aliphatic heterocycles. The van der Waals surface area contributed by atoms with E-state index in [1.165, 1.54) is 12.1 Å². The molecule has 3 rings (SSSR count). The summed E-state index contributed by atoms with van der Waals surface area (Å²) in [7, 11) is 0.269. The van der Waals surface area contributed by atoms with Crippen LogP contribution in [0, 0.1) is 0 Å². The van der Waals surface area contributed by atoms with E-state index in [4.69, 9.17) is 0 Å². The van der Waals surface area contributed by atoms with Crippen LogP contribution in [0.15, 0.2) is 83.8 Å². The van der Waals surface area contributed by atoms with Crippen LogP contribution in [0.25, 0.3) is 0 Å². The van der Waals surface area contributed by atoms with E-state index in [1.54, 1.807) is 42.5 Å². The summed E-state index contributed by atoms with van der Waals surface area (Å²) in [5, 5.41) is 0. The van der Waals surface area contributed by atoms with Crippen molar-refractivity contribution < 1.29 is 13.2 Å². The number of anilines is 2. The zero-order chi connectivity index (χ0) is 22.6. The van der Waals surface area contributed by atoms with Gasteiger partial charge >= 0.3 is 0 Å². The van der Waals surface area contributed by atoms with Crippen molar-refractivity contribution in [1.29, 1.82) is 0 Å². The molecule has 162 valence electrons. The number of hydrogen-bond acceptors (Lipinski definition) is 4. The van der Waals surface area contributed by atoms with E-state index in [2.05, 4.69) is 36.6 Å². The lowest BCUT2D eigenvalue weighted by Gasteiger charge is -2.18. The van der Waals surface area contributed by atoms with Crippen molar-refractivity contribution in [2.24, 2.45) is 0 Å². The molecule has 0 bridgehead atoms. The van der Waals surface area contributed by atoms with E-state index in [-0.39, 0.29) is 15.5 Å².